The zero-order valence-corrected chi connectivity index (χ0v) is 12.4. The molecule has 1 fully saturated rings. The van der Waals surface area contributed by atoms with Crippen molar-refractivity contribution in [1.29, 1.82) is 0 Å². The third kappa shape index (κ3) is 4.96. The molecule has 1 N–H and O–H groups in total. The van der Waals surface area contributed by atoms with E-state index in [1.807, 2.05) is 0 Å². The molecule has 1 aromatic carbocycles. The van der Waals surface area contributed by atoms with Crippen LogP contribution >= 0.6 is 0 Å². The first-order chi connectivity index (χ1) is 9.25. The van der Waals surface area contributed by atoms with E-state index in [1.165, 1.54) is 44.3 Å². The highest BCUT2D eigenvalue weighted by molar-refractivity contribution is 5.14. The van der Waals surface area contributed by atoms with Crippen LogP contribution in [0.15, 0.2) is 30.3 Å². The lowest BCUT2D eigenvalue weighted by atomic mass is 10.0. The van der Waals surface area contributed by atoms with Crippen molar-refractivity contribution in [1.82, 2.24) is 10.2 Å². The number of nitrogens with one attached hydrogen (secondary N) is 1. The number of rotatable bonds is 6. The van der Waals surface area contributed by atoms with Crippen molar-refractivity contribution in [3.8, 4) is 0 Å². The summed E-state index contributed by atoms with van der Waals surface area (Å²) in [5, 5.41) is 3.72. The predicted molar refractivity (Wildman–Crippen MR) is 82.5 cm³/mol. The summed E-state index contributed by atoms with van der Waals surface area (Å²) >= 11 is 0. The average molecular weight is 260 g/mol. The lowest BCUT2D eigenvalue weighted by Gasteiger charge is -2.35. The third-order valence-electron chi connectivity index (χ3n) is 4.18. The number of nitrogens with zero attached hydrogens (tertiary/aromatic N) is 1. The van der Waals surface area contributed by atoms with Gasteiger partial charge in [-0.05, 0) is 64.7 Å². The van der Waals surface area contributed by atoms with Gasteiger partial charge in [0.25, 0.3) is 0 Å². The normalized spacial score (nSPS) is 18.1. The molecule has 0 bridgehead atoms. The van der Waals surface area contributed by atoms with Crippen LogP contribution in [0.1, 0.15) is 38.7 Å². The number of benzene rings is 1. The van der Waals surface area contributed by atoms with Crippen molar-refractivity contribution in [2.75, 3.05) is 19.6 Å². The zero-order chi connectivity index (χ0) is 13.5. The molecule has 0 unspecified atom stereocenters. The Morgan fingerprint density at radius 1 is 1.16 bits per heavy atom. The standard InChI is InChI=1S/C17H28N2/c1-15(2)19-13-10-17(11-14-19)18-12-6-9-16-7-4-3-5-8-16/h3-5,7-8,15,17-18H,6,9-14H2,1-2H3. The summed E-state index contributed by atoms with van der Waals surface area (Å²) in [6.07, 6.45) is 5.06. The molecule has 0 aromatic heterocycles. The summed E-state index contributed by atoms with van der Waals surface area (Å²) in [4.78, 5) is 2.59. The van der Waals surface area contributed by atoms with Crippen LogP contribution in [0.4, 0.5) is 0 Å². The molecule has 0 aliphatic carbocycles. The maximum absolute atomic E-state index is 3.72. The molecule has 19 heavy (non-hydrogen) atoms. The second-order valence-corrected chi connectivity index (χ2v) is 5.95. The minimum Gasteiger partial charge on any atom is -0.314 e. The number of likely N-dealkylation sites (tertiary alicyclic amines) is 1. The van der Waals surface area contributed by atoms with Gasteiger partial charge in [-0.15, -0.1) is 0 Å². The van der Waals surface area contributed by atoms with Crippen molar-refractivity contribution in [3.05, 3.63) is 35.9 Å². The van der Waals surface area contributed by atoms with Crippen LogP contribution in [0, 0.1) is 0 Å². The molecule has 1 saturated heterocycles. The molecule has 2 heteroatoms. The summed E-state index contributed by atoms with van der Waals surface area (Å²) in [5.41, 5.74) is 1.46. The first-order valence-electron chi connectivity index (χ1n) is 7.77. The van der Waals surface area contributed by atoms with E-state index < -0.39 is 0 Å². The lowest BCUT2D eigenvalue weighted by molar-refractivity contribution is 0.161. The van der Waals surface area contributed by atoms with Crippen LogP contribution in [0.5, 0.6) is 0 Å². The molecule has 1 aliphatic heterocycles. The van der Waals surface area contributed by atoms with Gasteiger partial charge in [0.15, 0.2) is 0 Å². The Morgan fingerprint density at radius 2 is 1.84 bits per heavy atom. The van der Waals surface area contributed by atoms with E-state index in [0.29, 0.717) is 6.04 Å². The first-order valence-corrected chi connectivity index (χ1v) is 7.77. The largest absolute Gasteiger partial charge is 0.314 e. The van der Waals surface area contributed by atoms with Crippen molar-refractivity contribution in [2.45, 2.75) is 51.6 Å². The van der Waals surface area contributed by atoms with Gasteiger partial charge in [-0.3, -0.25) is 0 Å². The fourth-order valence-electron chi connectivity index (χ4n) is 2.86. The molecule has 1 heterocycles. The van der Waals surface area contributed by atoms with Gasteiger partial charge in [0, 0.05) is 12.1 Å². The zero-order valence-electron chi connectivity index (χ0n) is 12.4. The van der Waals surface area contributed by atoms with Gasteiger partial charge in [-0.1, -0.05) is 30.3 Å². The molecule has 0 atom stereocenters. The molecule has 1 aromatic rings. The molecule has 0 spiro atoms. The van der Waals surface area contributed by atoms with E-state index in [9.17, 15) is 0 Å². The number of piperidine rings is 1. The summed E-state index contributed by atoms with van der Waals surface area (Å²) in [6, 6.07) is 12.2. The average Bonchev–Trinajstić information content (AvgIpc) is 2.45. The highest BCUT2D eigenvalue weighted by Gasteiger charge is 2.19. The third-order valence-corrected chi connectivity index (χ3v) is 4.18. The number of hydrogen-bond acceptors (Lipinski definition) is 2. The van der Waals surface area contributed by atoms with Gasteiger partial charge >= 0.3 is 0 Å². The van der Waals surface area contributed by atoms with Gasteiger partial charge < -0.3 is 10.2 Å². The molecule has 0 saturated carbocycles. The quantitative estimate of drug-likeness (QED) is 0.791. The number of hydrogen-bond donors (Lipinski definition) is 1. The fourth-order valence-corrected chi connectivity index (χ4v) is 2.86. The van der Waals surface area contributed by atoms with Gasteiger partial charge in [-0.2, -0.15) is 0 Å². The van der Waals surface area contributed by atoms with Crippen LogP contribution in [-0.2, 0) is 6.42 Å². The molecule has 2 nitrogen and oxygen atoms in total. The topological polar surface area (TPSA) is 15.3 Å². The maximum Gasteiger partial charge on any atom is 0.00914 e. The summed E-state index contributed by atoms with van der Waals surface area (Å²) in [6.45, 7) is 8.27. The van der Waals surface area contributed by atoms with Crippen LogP contribution in [0.25, 0.3) is 0 Å². The Hall–Kier alpha value is -0.860. The second kappa shape index (κ2) is 7.66. The highest BCUT2D eigenvalue weighted by Crippen LogP contribution is 2.13. The Bertz CT molecular complexity index is 340. The van der Waals surface area contributed by atoms with Crippen molar-refractivity contribution in [3.63, 3.8) is 0 Å². The predicted octanol–water partition coefficient (Wildman–Crippen LogP) is 3.08. The van der Waals surface area contributed by atoms with Crippen molar-refractivity contribution in [2.24, 2.45) is 0 Å². The SMILES string of the molecule is CC(C)N1CCC(NCCCc2ccccc2)CC1. The van der Waals surface area contributed by atoms with Gasteiger partial charge in [-0.25, -0.2) is 0 Å². The van der Waals surface area contributed by atoms with Crippen LogP contribution < -0.4 is 5.32 Å². The van der Waals surface area contributed by atoms with E-state index in [-0.39, 0.29) is 0 Å². The Labute approximate surface area is 118 Å². The van der Waals surface area contributed by atoms with E-state index >= 15 is 0 Å². The Kier molecular flexibility index (Phi) is 5.87. The van der Waals surface area contributed by atoms with E-state index in [1.54, 1.807) is 0 Å². The monoisotopic (exact) mass is 260 g/mol. The Balaban J connectivity index is 1.57. The van der Waals surface area contributed by atoms with E-state index in [4.69, 9.17) is 0 Å². The van der Waals surface area contributed by atoms with Crippen LogP contribution in [-0.4, -0.2) is 36.6 Å². The molecule has 0 radical (unpaired) electrons. The van der Waals surface area contributed by atoms with Gasteiger partial charge in [0.1, 0.15) is 0 Å². The van der Waals surface area contributed by atoms with Crippen molar-refractivity contribution >= 4 is 0 Å². The molecule has 1 aliphatic rings. The maximum atomic E-state index is 3.72. The fraction of sp³-hybridized carbons (Fsp3) is 0.647. The summed E-state index contributed by atoms with van der Waals surface area (Å²) < 4.78 is 0. The lowest BCUT2D eigenvalue weighted by Crippen LogP contribution is -2.45. The summed E-state index contributed by atoms with van der Waals surface area (Å²) in [5.74, 6) is 0. The molecule has 106 valence electrons. The Morgan fingerprint density at radius 3 is 2.47 bits per heavy atom. The molecular weight excluding hydrogens is 232 g/mol. The van der Waals surface area contributed by atoms with E-state index in [0.717, 1.165) is 12.6 Å². The first kappa shape index (κ1) is 14.5. The molecule has 2 rings (SSSR count). The van der Waals surface area contributed by atoms with Gasteiger partial charge in [0.2, 0.25) is 0 Å². The highest BCUT2D eigenvalue weighted by atomic mass is 15.2. The van der Waals surface area contributed by atoms with Crippen molar-refractivity contribution < 1.29 is 0 Å². The van der Waals surface area contributed by atoms with Gasteiger partial charge in [0.05, 0.1) is 0 Å². The smallest absolute Gasteiger partial charge is 0.00914 e. The van der Waals surface area contributed by atoms with Crippen LogP contribution in [0.2, 0.25) is 0 Å². The second-order valence-electron chi connectivity index (χ2n) is 5.95. The molecule has 0 amide bonds. The summed E-state index contributed by atoms with van der Waals surface area (Å²) in [7, 11) is 0. The minimum atomic E-state index is 0.707. The number of aryl methyl sites for hydroxylation is 1. The molecular formula is C17H28N2. The van der Waals surface area contributed by atoms with Crippen LogP contribution in [0.3, 0.4) is 0 Å². The minimum absolute atomic E-state index is 0.707. The van der Waals surface area contributed by atoms with E-state index in [2.05, 4.69) is 54.4 Å².